The van der Waals surface area contributed by atoms with Gasteiger partial charge in [0.2, 0.25) is 0 Å². The van der Waals surface area contributed by atoms with E-state index in [0.29, 0.717) is 30.2 Å². The zero-order valence-electron chi connectivity index (χ0n) is 14.8. The molecule has 0 spiro atoms. The fourth-order valence-corrected chi connectivity index (χ4v) is 2.74. The van der Waals surface area contributed by atoms with E-state index in [1.165, 1.54) is 0 Å². The average molecular weight is 351 g/mol. The van der Waals surface area contributed by atoms with Crippen LogP contribution in [0.5, 0.6) is 11.5 Å². The van der Waals surface area contributed by atoms with Crippen molar-refractivity contribution in [3.05, 3.63) is 83.8 Å². The van der Waals surface area contributed by atoms with E-state index >= 15 is 0 Å². The molecular weight excluding hydrogens is 330 g/mol. The van der Waals surface area contributed by atoms with Gasteiger partial charge in [-0.15, -0.1) is 0 Å². The summed E-state index contributed by atoms with van der Waals surface area (Å²) >= 11 is 0. The Morgan fingerprint density at radius 3 is 2.42 bits per heavy atom. The normalized spacial score (nSPS) is 10.4. The maximum Gasteiger partial charge on any atom is 0.258 e. The van der Waals surface area contributed by atoms with E-state index in [2.05, 4.69) is 0 Å². The number of methoxy groups -OCH3 is 2. The largest absolute Gasteiger partial charge is 0.497 e. The molecule has 26 heavy (non-hydrogen) atoms. The zero-order chi connectivity index (χ0) is 18.4. The van der Waals surface area contributed by atoms with Crippen LogP contribution in [0.2, 0.25) is 0 Å². The van der Waals surface area contributed by atoms with E-state index in [1.54, 1.807) is 43.6 Å². The van der Waals surface area contributed by atoms with Crippen LogP contribution < -0.4 is 9.47 Å². The lowest BCUT2D eigenvalue weighted by Crippen LogP contribution is -2.30. The summed E-state index contributed by atoms with van der Waals surface area (Å²) in [4.78, 5) is 15.0. The number of hydrogen-bond acceptors (Lipinski definition) is 4. The Morgan fingerprint density at radius 2 is 1.77 bits per heavy atom. The number of nitrogens with zero attached hydrogens (tertiary/aromatic N) is 1. The van der Waals surface area contributed by atoms with Crippen LogP contribution >= 0.6 is 0 Å². The topological polar surface area (TPSA) is 51.9 Å². The van der Waals surface area contributed by atoms with Crippen LogP contribution in [-0.2, 0) is 13.1 Å². The van der Waals surface area contributed by atoms with Crippen molar-refractivity contribution in [2.45, 2.75) is 13.1 Å². The Morgan fingerprint density at radius 1 is 0.962 bits per heavy atom. The lowest BCUT2D eigenvalue weighted by Gasteiger charge is -2.23. The van der Waals surface area contributed by atoms with Crippen molar-refractivity contribution in [2.24, 2.45) is 0 Å². The Bertz CT molecular complexity index is 844. The first kappa shape index (κ1) is 17.6. The van der Waals surface area contributed by atoms with Crippen molar-refractivity contribution < 1.29 is 18.7 Å². The van der Waals surface area contributed by atoms with Crippen LogP contribution in [0.25, 0.3) is 0 Å². The van der Waals surface area contributed by atoms with Gasteiger partial charge in [-0.05, 0) is 29.8 Å². The number of hydrogen-bond donors (Lipinski definition) is 0. The predicted molar refractivity (Wildman–Crippen MR) is 98.3 cm³/mol. The van der Waals surface area contributed by atoms with E-state index in [0.717, 1.165) is 11.3 Å². The molecule has 5 nitrogen and oxygen atoms in total. The summed E-state index contributed by atoms with van der Waals surface area (Å²) < 4.78 is 16.0. The molecule has 0 aliphatic heterocycles. The van der Waals surface area contributed by atoms with E-state index in [-0.39, 0.29) is 5.91 Å². The van der Waals surface area contributed by atoms with Crippen LogP contribution in [0.1, 0.15) is 21.7 Å². The summed E-state index contributed by atoms with van der Waals surface area (Å²) in [6.07, 6.45) is 1.61. The van der Waals surface area contributed by atoms with Crippen LogP contribution in [-0.4, -0.2) is 25.0 Å². The summed E-state index contributed by atoms with van der Waals surface area (Å²) in [6.45, 7) is 0.839. The van der Waals surface area contributed by atoms with Gasteiger partial charge in [0.25, 0.3) is 5.91 Å². The smallest absolute Gasteiger partial charge is 0.258 e. The molecule has 1 amide bonds. The Hall–Kier alpha value is -3.21. The van der Waals surface area contributed by atoms with Crippen molar-refractivity contribution in [3.63, 3.8) is 0 Å². The summed E-state index contributed by atoms with van der Waals surface area (Å²) in [7, 11) is 3.12. The summed E-state index contributed by atoms with van der Waals surface area (Å²) in [5.41, 5.74) is 1.52. The molecule has 0 N–H and O–H groups in total. The van der Waals surface area contributed by atoms with E-state index in [1.807, 2.05) is 42.5 Å². The molecule has 0 aliphatic carbocycles. The molecule has 5 heteroatoms. The first-order valence-electron chi connectivity index (χ1n) is 8.29. The van der Waals surface area contributed by atoms with Gasteiger partial charge in [0.15, 0.2) is 0 Å². The Balaban J connectivity index is 1.91. The highest BCUT2D eigenvalue weighted by molar-refractivity contribution is 5.97. The number of furan rings is 1. The first-order valence-corrected chi connectivity index (χ1v) is 8.29. The Kier molecular flexibility index (Phi) is 5.59. The van der Waals surface area contributed by atoms with E-state index in [4.69, 9.17) is 13.9 Å². The van der Waals surface area contributed by atoms with Crippen molar-refractivity contribution in [2.75, 3.05) is 14.2 Å². The molecular formula is C21H21NO4. The number of carbonyl (C=O) groups is 1. The molecule has 0 saturated heterocycles. The zero-order valence-corrected chi connectivity index (χ0v) is 14.8. The molecule has 1 aromatic heterocycles. The lowest BCUT2D eigenvalue weighted by molar-refractivity contribution is 0.0714. The fourth-order valence-electron chi connectivity index (χ4n) is 2.74. The standard InChI is InChI=1S/C21H21NO4/c1-24-17-10-11-19(20(13-17)25-2)21(23)22(15-18-9-6-12-26-18)14-16-7-4-3-5-8-16/h3-13H,14-15H2,1-2H3. The van der Waals surface area contributed by atoms with Gasteiger partial charge >= 0.3 is 0 Å². The third-order valence-electron chi connectivity index (χ3n) is 4.07. The monoisotopic (exact) mass is 351 g/mol. The number of rotatable bonds is 7. The van der Waals surface area contributed by atoms with Gasteiger partial charge in [-0.1, -0.05) is 30.3 Å². The van der Waals surface area contributed by atoms with Gasteiger partial charge < -0.3 is 18.8 Å². The van der Waals surface area contributed by atoms with Crippen molar-refractivity contribution in [1.82, 2.24) is 4.90 Å². The van der Waals surface area contributed by atoms with Crippen LogP contribution in [0.15, 0.2) is 71.3 Å². The highest BCUT2D eigenvalue weighted by atomic mass is 16.5. The summed E-state index contributed by atoms with van der Waals surface area (Å²) in [5.74, 6) is 1.71. The lowest BCUT2D eigenvalue weighted by atomic mass is 10.1. The Labute approximate surface area is 152 Å². The molecule has 2 aromatic carbocycles. The second kappa shape index (κ2) is 8.25. The minimum absolute atomic E-state index is 0.134. The molecule has 0 saturated carbocycles. The molecule has 3 rings (SSSR count). The van der Waals surface area contributed by atoms with Crippen LogP contribution in [0.4, 0.5) is 0 Å². The van der Waals surface area contributed by atoms with Crippen LogP contribution in [0.3, 0.4) is 0 Å². The highest BCUT2D eigenvalue weighted by Gasteiger charge is 2.21. The fraction of sp³-hybridized carbons (Fsp3) is 0.190. The molecule has 1 heterocycles. The van der Waals surface area contributed by atoms with Gasteiger partial charge in [0, 0.05) is 12.6 Å². The maximum atomic E-state index is 13.2. The maximum absolute atomic E-state index is 13.2. The minimum atomic E-state index is -0.134. The van der Waals surface area contributed by atoms with Gasteiger partial charge in [-0.25, -0.2) is 0 Å². The van der Waals surface area contributed by atoms with Gasteiger partial charge in [0.05, 0.1) is 32.6 Å². The average Bonchev–Trinajstić information content (AvgIpc) is 3.20. The van der Waals surface area contributed by atoms with Crippen molar-refractivity contribution in [1.29, 1.82) is 0 Å². The van der Waals surface area contributed by atoms with Crippen molar-refractivity contribution >= 4 is 5.91 Å². The molecule has 0 bridgehead atoms. The summed E-state index contributed by atoms with van der Waals surface area (Å²) in [6, 6.07) is 18.7. The number of amides is 1. The third-order valence-corrected chi connectivity index (χ3v) is 4.07. The second-order valence-corrected chi connectivity index (χ2v) is 5.79. The molecule has 0 radical (unpaired) electrons. The van der Waals surface area contributed by atoms with Crippen molar-refractivity contribution in [3.8, 4) is 11.5 Å². The third kappa shape index (κ3) is 4.06. The molecule has 134 valence electrons. The quantitative estimate of drug-likeness (QED) is 0.642. The van der Waals surface area contributed by atoms with Gasteiger partial charge in [-0.3, -0.25) is 4.79 Å². The number of carbonyl (C=O) groups excluding carboxylic acids is 1. The molecule has 0 unspecified atom stereocenters. The SMILES string of the molecule is COc1ccc(C(=O)N(Cc2ccccc2)Cc2ccco2)c(OC)c1. The van der Waals surface area contributed by atoms with Gasteiger partial charge in [0.1, 0.15) is 17.3 Å². The summed E-state index contributed by atoms with van der Waals surface area (Å²) in [5, 5.41) is 0. The number of benzene rings is 2. The second-order valence-electron chi connectivity index (χ2n) is 5.79. The number of ether oxygens (including phenoxy) is 2. The van der Waals surface area contributed by atoms with Crippen LogP contribution in [0, 0.1) is 0 Å². The van der Waals surface area contributed by atoms with E-state index < -0.39 is 0 Å². The van der Waals surface area contributed by atoms with Gasteiger partial charge in [-0.2, -0.15) is 0 Å². The minimum Gasteiger partial charge on any atom is -0.497 e. The molecule has 0 fully saturated rings. The van der Waals surface area contributed by atoms with E-state index in [9.17, 15) is 4.79 Å². The highest BCUT2D eigenvalue weighted by Crippen LogP contribution is 2.27. The predicted octanol–water partition coefficient (Wildman–Crippen LogP) is 4.14. The molecule has 0 atom stereocenters. The first-order chi connectivity index (χ1) is 12.7. The molecule has 3 aromatic rings. The molecule has 0 aliphatic rings.